The molecule has 0 saturated heterocycles. The minimum atomic E-state index is 0.0641. The second-order valence-corrected chi connectivity index (χ2v) is 5.88. The highest BCUT2D eigenvalue weighted by Crippen LogP contribution is 2.17. The maximum Gasteiger partial charge on any atom is 0.225 e. The van der Waals surface area contributed by atoms with Gasteiger partial charge in [-0.2, -0.15) is 0 Å². The minimum Gasteiger partial charge on any atom is -0.326 e. The zero-order valence-electron chi connectivity index (χ0n) is 14.1. The van der Waals surface area contributed by atoms with E-state index in [-0.39, 0.29) is 5.91 Å². The van der Waals surface area contributed by atoms with Crippen LogP contribution in [0.25, 0.3) is 0 Å². The van der Waals surface area contributed by atoms with Gasteiger partial charge in [0.15, 0.2) is 0 Å². The normalized spacial score (nSPS) is 10.5. The molecule has 0 radical (unpaired) electrons. The Balaban J connectivity index is 1.61. The third kappa shape index (κ3) is 5.87. The largest absolute Gasteiger partial charge is 0.326 e. The van der Waals surface area contributed by atoms with Gasteiger partial charge in [0.05, 0.1) is 0 Å². The van der Waals surface area contributed by atoms with E-state index in [0.717, 1.165) is 30.6 Å². The number of benzene rings is 2. The van der Waals surface area contributed by atoms with Crippen LogP contribution < -0.4 is 10.6 Å². The lowest BCUT2D eigenvalue weighted by Crippen LogP contribution is -2.23. The molecule has 0 atom stereocenters. The molecule has 1 amide bonds. The van der Waals surface area contributed by atoms with E-state index in [4.69, 9.17) is 0 Å². The van der Waals surface area contributed by atoms with Gasteiger partial charge in [-0.1, -0.05) is 42.5 Å². The fraction of sp³-hybridized carbons (Fsp3) is 0.350. The van der Waals surface area contributed by atoms with Crippen LogP contribution in [0, 0.1) is 13.8 Å². The molecule has 0 unspecified atom stereocenters. The molecule has 0 aliphatic carbocycles. The van der Waals surface area contributed by atoms with Crippen molar-refractivity contribution in [3.8, 4) is 0 Å². The molecule has 0 spiro atoms. The molecular formula is C20H26N2O. The molecule has 2 N–H and O–H groups in total. The molecule has 0 saturated carbocycles. The van der Waals surface area contributed by atoms with Gasteiger partial charge in [-0.05, 0) is 56.0 Å². The molecule has 0 aliphatic rings. The van der Waals surface area contributed by atoms with E-state index < -0.39 is 0 Å². The number of hydrogen-bond acceptors (Lipinski definition) is 2. The van der Waals surface area contributed by atoms with Crippen LogP contribution in [0.1, 0.15) is 29.5 Å². The number of carbonyl (C=O) groups excluding carboxylic acids is 1. The first-order chi connectivity index (χ1) is 11.2. The standard InChI is InChI=1S/C20H26N2O/c1-16-8-6-12-19(17(16)2)22-20(23)13-15-21-14-7-11-18-9-4-3-5-10-18/h3-6,8-10,12,21H,7,11,13-15H2,1-2H3,(H,22,23). The van der Waals surface area contributed by atoms with Gasteiger partial charge in [0, 0.05) is 18.7 Å². The molecule has 3 heteroatoms. The molecule has 0 aromatic heterocycles. The number of amides is 1. The highest BCUT2D eigenvalue weighted by Gasteiger charge is 2.05. The summed E-state index contributed by atoms with van der Waals surface area (Å²) in [5, 5.41) is 6.33. The second-order valence-electron chi connectivity index (χ2n) is 5.88. The SMILES string of the molecule is Cc1cccc(NC(=O)CCNCCCc2ccccc2)c1C. The lowest BCUT2D eigenvalue weighted by atomic mass is 10.1. The minimum absolute atomic E-state index is 0.0641. The van der Waals surface area contributed by atoms with Crippen molar-refractivity contribution >= 4 is 11.6 Å². The van der Waals surface area contributed by atoms with E-state index in [1.807, 2.05) is 25.1 Å². The van der Waals surface area contributed by atoms with Crippen LogP contribution in [0.2, 0.25) is 0 Å². The van der Waals surface area contributed by atoms with Gasteiger partial charge in [0.25, 0.3) is 0 Å². The molecule has 0 bridgehead atoms. The van der Waals surface area contributed by atoms with Crippen molar-refractivity contribution in [3.05, 3.63) is 65.2 Å². The topological polar surface area (TPSA) is 41.1 Å². The second kappa shape index (κ2) is 9.11. The lowest BCUT2D eigenvalue weighted by Gasteiger charge is -2.10. The average molecular weight is 310 g/mol. The summed E-state index contributed by atoms with van der Waals surface area (Å²) in [6, 6.07) is 16.5. The highest BCUT2D eigenvalue weighted by molar-refractivity contribution is 5.91. The molecule has 0 fully saturated rings. The number of hydrogen-bond donors (Lipinski definition) is 2. The van der Waals surface area contributed by atoms with Gasteiger partial charge in [0.2, 0.25) is 5.91 Å². The van der Waals surface area contributed by atoms with Crippen LogP contribution in [-0.4, -0.2) is 19.0 Å². The Morgan fingerprint density at radius 2 is 1.74 bits per heavy atom. The van der Waals surface area contributed by atoms with Crippen LogP contribution in [0.3, 0.4) is 0 Å². The van der Waals surface area contributed by atoms with Crippen LogP contribution in [0.4, 0.5) is 5.69 Å². The van der Waals surface area contributed by atoms with E-state index in [1.165, 1.54) is 11.1 Å². The zero-order valence-corrected chi connectivity index (χ0v) is 14.1. The van der Waals surface area contributed by atoms with Gasteiger partial charge < -0.3 is 10.6 Å². The maximum absolute atomic E-state index is 12.0. The first-order valence-electron chi connectivity index (χ1n) is 8.27. The number of rotatable bonds is 8. The van der Waals surface area contributed by atoms with Crippen molar-refractivity contribution in [1.29, 1.82) is 0 Å². The van der Waals surface area contributed by atoms with E-state index in [1.54, 1.807) is 0 Å². The molecule has 23 heavy (non-hydrogen) atoms. The summed E-state index contributed by atoms with van der Waals surface area (Å²) in [7, 11) is 0. The van der Waals surface area contributed by atoms with Crippen molar-refractivity contribution in [3.63, 3.8) is 0 Å². The van der Waals surface area contributed by atoms with Gasteiger partial charge in [-0.3, -0.25) is 4.79 Å². The summed E-state index contributed by atoms with van der Waals surface area (Å²) in [4.78, 5) is 12.0. The van der Waals surface area contributed by atoms with Crippen LogP contribution >= 0.6 is 0 Å². The van der Waals surface area contributed by atoms with Crippen LogP contribution in [0.15, 0.2) is 48.5 Å². The smallest absolute Gasteiger partial charge is 0.225 e. The monoisotopic (exact) mass is 310 g/mol. The van der Waals surface area contributed by atoms with E-state index >= 15 is 0 Å². The van der Waals surface area contributed by atoms with Gasteiger partial charge >= 0.3 is 0 Å². The van der Waals surface area contributed by atoms with Crippen molar-refractivity contribution in [2.45, 2.75) is 33.1 Å². The van der Waals surface area contributed by atoms with E-state index in [9.17, 15) is 4.79 Å². The summed E-state index contributed by atoms with van der Waals surface area (Å²) in [6.45, 7) is 5.74. The fourth-order valence-corrected chi connectivity index (χ4v) is 2.49. The number of carbonyl (C=O) groups is 1. The van der Waals surface area contributed by atoms with Gasteiger partial charge in [0.1, 0.15) is 0 Å². The summed E-state index contributed by atoms with van der Waals surface area (Å²) in [5.41, 5.74) is 4.61. The van der Waals surface area contributed by atoms with Crippen molar-refractivity contribution in [2.24, 2.45) is 0 Å². The average Bonchev–Trinajstić information content (AvgIpc) is 2.56. The Hall–Kier alpha value is -2.13. The fourth-order valence-electron chi connectivity index (χ4n) is 2.49. The zero-order chi connectivity index (χ0) is 16.5. The molecule has 0 heterocycles. The molecule has 2 aromatic rings. The Bertz CT molecular complexity index is 623. The Morgan fingerprint density at radius 1 is 0.957 bits per heavy atom. The van der Waals surface area contributed by atoms with E-state index in [0.29, 0.717) is 13.0 Å². The molecule has 122 valence electrons. The first kappa shape index (κ1) is 17.2. The summed E-state index contributed by atoms with van der Waals surface area (Å²) < 4.78 is 0. The summed E-state index contributed by atoms with van der Waals surface area (Å²) in [5.74, 6) is 0.0641. The lowest BCUT2D eigenvalue weighted by molar-refractivity contribution is -0.116. The van der Waals surface area contributed by atoms with Crippen molar-refractivity contribution in [1.82, 2.24) is 5.32 Å². The molecular weight excluding hydrogens is 284 g/mol. The van der Waals surface area contributed by atoms with E-state index in [2.05, 4.69) is 47.9 Å². The Morgan fingerprint density at radius 3 is 2.52 bits per heavy atom. The van der Waals surface area contributed by atoms with Crippen molar-refractivity contribution < 1.29 is 4.79 Å². The number of aryl methyl sites for hydroxylation is 2. The highest BCUT2D eigenvalue weighted by atomic mass is 16.1. The molecule has 2 rings (SSSR count). The van der Waals surface area contributed by atoms with Gasteiger partial charge in [-0.25, -0.2) is 0 Å². The Kier molecular flexibility index (Phi) is 6.82. The first-order valence-corrected chi connectivity index (χ1v) is 8.27. The molecule has 2 aromatic carbocycles. The maximum atomic E-state index is 12.0. The third-order valence-corrected chi connectivity index (χ3v) is 4.07. The molecule has 0 aliphatic heterocycles. The van der Waals surface area contributed by atoms with Crippen LogP contribution in [0.5, 0.6) is 0 Å². The van der Waals surface area contributed by atoms with Gasteiger partial charge in [-0.15, -0.1) is 0 Å². The predicted molar refractivity (Wildman–Crippen MR) is 96.8 cm³/mol. The third-order valence-electron chi connectivity index (χ3n) is 4.07. The Labute approximate surface area is 139 Å². The van der Waals surface area contributed by atoms with Crippen molar-refractivity contribution in [2.75, 3.05) is 18.4 Å². The molecule has 3 nitrogen and oxygen atoms in total. The summed E-state index contributed by atoms with van der Waals surface area (Å²) in [6.07, 6.45) is 2.66. The number of nitrogens with one attached hydrogen (secondary N) is 2. The van der Waals surface area contributed by atoms with Crippen LogP contribution in [-0.2, 0) is 11.2 Å². The quantitative estimate of drug-likeness (QED) is 0.727. The summed E-state index contributed by atoms with van der Waals surface area (Å²) >= 11 is 0. The number of anilines is 1. The predicted octanol–water partition coefficient (Wildman–Crippen LogP) is 3.85.